The zero-order chi connectivity index (χ0) is 25.8. The molecule has 0 radical (unpaired) electrons. The summed E-state index contributed by atoms with van der Waals surface area (Å²) in [5.74, 6) is -5.22. The minimum absolute atomic E-state index is 0.0490. The number of benzene rings is 1. The van der Waals surface area contributed by atoms with E-state index >= 15 is 0 Å². The van der Waals surface area contributed by atoms with Crippen LogP contribution in [0.1, 0.15) is 49.6 Å². The van der Waals surface area contributed by atoms with E-state index in [2.05, 4.69) is 10.2 Å². The Morgan fingerprint density at radius 1 is 0.971 bits per heavy atom. The molecule has 0 saturated heterocycles. The van der Waals surface area contributed by atoms with Crippen LogP contribution in [0.5, 0.6) is 5.75 Å². The number of nitrogens with two attached hydrogens (primary N) is 1. The van der Waals surface area contributed by atoms with Gasteiger partial charge in [-0.3, -0.25) is 0 Å². The van der Waals surface area contributed by atoms with E-state index in [-0.39, 0.29) is 47.9 Å². The van der Waals surface area contributed by atoms with Crippen LogP contribution in [0.25, 0.3) is 10.6 Å². The molecule has 34 heavy (non-hydrogen) atoms. The minimum atomic E-state index is -5.60. The Labute approximate surface area is 193 Å². The average Bonchev–Trinajstić information content (AvgIpc) is 3.22. The summed E-state index contributed by atoms with van der Waals surface area (Å²) in [5, 5.41) is 17.4. The van der Waals surface area contributed by atoms with Gasteiger partial charge >= 0.3 is 18.3 Å². The SMILES string of the molecule is CC(N)(CO)c1nnc(-c2ccc(OCCCCCCC(F)(F)C(F)(F)F)c(C(F)(F)F)c2)s1. The van der Waals surface area contributed by atoms with Gasteiger partial charge < -0.3 is 15.6 Å². The number of alkyl halides is 8. The van der Waals surface area contributed by atoms with Gasteiger partial charge in [0.25, 0.3) is 0 Å². The fraction of sp³-hybridized carbons (Fsp3) is 0.600. The molecule has 0 aliphatic heterocycles. The third kappa shape index (κ3) is 7.22. The lowest BCUT2D eigenvalue weighted by Gasteiger charge is -2.19. The lowest BCUT2D eigenvalue weighted by Crippen LogP contribution is -2.36. The van der Waals surface area contributed by atoms with E-state index in [1.54, 1.807) is 0 Å². The molecule has 0 aliphatic rings. The summed E-state index contributed by atoms with van der Waals surface area (Å²) in [4.78, 5) is 0. The Hall–Kier alpha value is -2.06. The number of halogens is 8. The molecule has 0 bridgehead atoms. The van der Waals surface area contributed by atoms with Crippen molar-refractivity contribution in [2.24, 2.45) is 5.73 Å². The molecule has 1 atom stereocenters. The van der Waals surface area contributed by atoms with Gasteiger partial charge in [-0.05, 0) is 38.0 Å². The fourth-order valence-electron chi connectivity index (χ4n) is 2.78. The van der Waals surface area contributed by atoms with Crippen LogP contribution < -0.4 is 10.5 Å². The zero-order valence-corrected chi connectivity index (χ0v) is 18.8. The van der Waals surface area contributed by atoms with Crippen LogP contribution in [0, 0.1) is 0 Å². The second-order valence-corrected chi connectivity index (χ2v) is 8.89. The van der Waals surface area contributed by atoms with Crippen molar-refractivity contribution in [2.75, 3.05) is 13.2 Å². The summed E-state index contributed by atoms with van der Waals surface area (Å²) in [6.45, 7) is 0.882. The number of rotatable bonds is 11. The largest absolute Gasteiger partial charge is 0.493 e. The fourth-order valence-corrected chi connectivity index (χ4v) is 3.66. The summed E-state index contributed by atoms with van der Waals surface area (Å²) < 4.78 is 108. The Morgan fingerprint density at radius 2 is 1.62 bits per heavy atom. The molecule has 1 aromatic carbocycles. The molecular weight excluding hydrogens is 498 g/mol. The number of aromatic nitrogens is 2. The normalized spacial score (nSPS) is 14.8. The molecule has 3 N–H and O–H groups in total. The summed E-state index contributed by atoms with van der Waals surface area (Å²) >= 11 is 0.936. The van der Waals surface area contributed by atoms with E-state index in [0.717, 1.165) is 23.5 Å². The zero-order valence-electron chi connectivity index (χ0n) is 17.9. The van der Waals surface area contributed by atoms with Gasteiger partial charge in [0.05, 0.1) is 24.3 Å². The van der Waals surface area contributed by atoms with Crippen molar-refractivity contribution in [1.29, 1.82) is 0 Å². The number of ether oxygens (including phenoxy) is 1. The highest BCUT2D eigenvalue weighted by molar-refractivity contribution is 7.14. The Morgan fingerprint density at radius 3 is 2.21 bits per heavy atom. The van der Waals surface area contributed by atoms with E-state index in [1.807, 2.05) is 0 Å². The lowest BCUT2D eigenvalue weighted by atomic mass is 10.1. The van der Waals surface area contributed by atoms with Crippen molar-refractivity contribution < 1.29 is 45.0 Å². The van der Waals surface area contributed by atoms with Gasteiger partial charge in [0.2, 0.25) is 0 Å². The Bertz CT molecular complexity index is 945. The maximum Gasteiger partial charge on any atom is 0.453 e. The Balaban J connectivity index is 1.98. The molecule has 1 heterocycles. The first-order valence-corrected chi connectivity index (χ1v) is 10.9. The van der Waals surface area contributed by atoms with Gasteiger partial charge in [-0.1, -0.05) is 24.2 Å². The van der Waals surface area contributed by atoms with Crippen LogP contribution in [0.3, 0.4) is 0 Å². The van der Waals surface area contributed by atoms with Crippen molar-refractivity contribution in [3.63, 3.8) is 0 Å². The molecule has 14 heteroatoms. The summed E-state index contributed by atoms with van der Waals surface area (Å²) in [6.07, 6.45) is -11.6. The number of unbranched alkanes of at least 4 members (excludes halogenated alkanes) is 3. The van der Waals surface area contributed by atoms with E-state index in [9.17, 15) is 40.2 Å². The van der Waals surface area contributed by atoms with Crippen molar-refractivity contribution in [3.8, 4) is 16.3 Å². The van der Waals surface area contributed by atoms with Gasteiger partial charge in [-0.25, -0.2) is 0 Å². The molecule has 0 saturated carbocycles. The van der Waals surface area contributed by atoms with Gasteiger partial charge in [-0.15, -0.1) is 10.2 Å². The van der Waals surface area contributed by atoms with Crippen molar-refractivity contribution in [1.82, 2.24) is 10.2 Å². The van der Waals surface area contributed by atoms with Crippen LogP contribution in [0.4, 0.5) is 35.1 Å². The number of nitrogens with zero attached hydrogens (tertiary/aromatic N) is 2. The third-order valence-corrected chi connectivity index (χ3v) is 6.08. The van der Waals surface area contributed by atoms with Crippen LogP contribution in [0.15, 0.2) is 18.2 Å². The predicted octanol–water partition coefficient (Wildman–Crippen LogP) is 5.92. The van der Waals surface area contributed by atoms with E-state index < -0.39 is 48.2 Å². The first kappa shape index (κ1) is 28.2. The van der Waals surface area contributed by atoms with Crippen LogP contribution in [0.2, 0.25) is 0 Å². The van der Waals surface area contributed by atoms with Gasteiger partial charge in [-0.2, -0.15) is 35.1 Å². The summed E-state index contributed by atoms with van der Waals surface area (Å²) in [5.41, 5.74) is 3.71. The number of aliphatic hydroxyl groups excluding tert-OH is 1. The van der Waals surface area contributed by atoms with Gasteiger partial charge in [0, 0.05) is 12.0 Å². The molecule has 1 unspecified atom stereocenters. The van der Waals surface area contributed by atoms with Crippen LogP contribution >= 0.6 is 11.3 Å². The van der Waals surface area contributed by atoms with Gasteiger partial charge in [0.15, 0.2) is 0 Å². The molecular formula is C20H23F8N3O2S. The van der Waals surface area contributed by atoms with Crippen LogP contribution in [-0.4, -0.2) is 40.6 Å². The first-order valence-electron chi connectivity index (χ1n) is 10.1. The molecule has 0 amide bonds. The second-order valence-electron chi connectivity index (χ2n) is 7.91. The predicted molar refractivity (Wildman–Crippen MR) is 109 cm³/mol. The maximum atomic E-state index is 13.5. The molecule has 192 valence electrons. The second kappa shape index (κ2) is 10.7. The van der Waals surface area contributed by atoms with Crippen LogP contribution in [-0.2, 0) is 11.7 Å². The van der Waals surface area contributed by atoms with Crippen molar-refractivity contribution in [3.05, 3.63) is 28.8 Å². The highest BCUT2D eigenvalue weighted by atomic mass is 32.1. The van der Waals surface area contributed by atoms with E-state index in [0.29, 0.717) is 0 Å². The first-order chi connectivity index (χ1) is 15.6. The topological polar surface area (TPSA) is 81.3 Å². The standard InChI is InChI=1S/C20H23F8N3O2S/c1-17(29,11-32)16-31-30-15(34-16)12-6-7-14(13(10-12)19(23,24)25)33-9-5-3-2-4-8-18(21,22)20(26,27)28/h6-7,10,32H,2-5,8-9,11,29H2,1H3. The third-order valence-electron chi connectivity index (χ3n) is 4.83. The summed E-state index contributed by atoms with van der Waals surface area (Å²) in [6, 6.07) is 3.29. The van der Waals surface area contributed by atoms with E-state index in [1.165, 1.54) is 13.0 Å². The lowest BCUT2D eigenvalue weighted by molar-refractivity contribution is -0.284. The number of aliphatic hydroxyl groups is 1. The van der Waals surface area contributed by atoms with Crippen molar-refractivity contribution >= 4 is 11.3 Å². The minimum Gasteiger partial charge on any atom is -0.493 e. The quantitative estimate of drug-likeness (QED) is 0.284. The Kier molecular flexibility index (Phi) is 8.86. The highest BCUT2D eigenvalue weighted by Gasteiger charge is 2.56. The molecule has 0 aliphatic carbocycles. The molecule has 2 rings (SSSR count). The monoisotopic (exact) mass is 521 g/mol. The smallest absolute Gasteiger partial charge is 0.453 e. The average molecular weight is 521 g/mol. The van der Waals surface area contributed by atoms with E-state index in [4.69, 9.17) is 10.5 Å². The molecule has 0 fully saturated rings. The van der Waals surface area contributed by atoms with Gasteiger partial charge in [0.1, 0.15) is 15.8 Å². The molecule has 2 aromatic rings. The molecule has 1 aromatic heterocycles. The molecule has 0 spiro atoms. The molecule has 5 nitrogen and oxygen atoms in total. The maximum absolute atomic E-state index is 13.5. The number of hydrogen-bond acceptors (Lipinski definition) is 6. The highest BCUT2D eigenvalue weighted by Crippen LogP contribution is 2.41. The van der Waals surface area contributed by atoms with Crippen molar-refractivity contribution in [2.45, 2.75) is 62.8 Å². The number of hydrogen-bond donors (Lipinski definition) is 2. The summed E-state index contributed by atoms with van der Waals surface area (Å²) in [7, 11) is 0.